The highest BCUT2D eigenvalue weighted by Gasteiger charge is 2.17. The molecular formula is C31H24N2O2. The minimum Gasteiger partial charge on any atom is -0.321 e. The number of anilines is 1. The summed E-state index contributed by atoms with van der Waals surface area (Å²) in [6.45, 7) is 1.96. The molecule has 0 aromatic heterocycles. The van der Waals surface area contributed by atoms with Gasteiger partial charge in [0.1, 0.15) is 5.70 Å². The number of hydrogen-bond donors (Lipinski definition) is 2. The monoisotopic (exact) mass is 456 g/mol. The number of carbonyl (C=O) groups is 2. The number of aryl methyl sites for hydroxylation is 1. The molecule has 0 saturated carbocycles. The molecule has 2 amide bonds. The summed E-state index contributed by atoms with van der Waals surface area (Å²) < 4.78 is 0. The summed E-state index contributed by atoms with van der Waals surface area (Å²) in [6.07, 6.45) is 1.77. The molecule has 170 valence electrons. The fourth-order valence-corrected chi connectivity index (χ4v) is 4.21. The van der Waals surface area contributed by atoms with Gasteiger partial charge < -0.3 is 10.6 Å². The molecule has 0 fully saturated rings. The van der Waals surface area contributed by atoms with Crippen LogP contribution in [0.3, 0.4) is 0 Å². The van der Waals surface area contributed by atoms with E-state index in [0.717, 1.165) is 32.7 Å². The van der Waals surface area contributed by atoms with Crippen LogP contribution in [-0.2, 0) is 4.79 Å². The Bertz CT molecular complexity index is 1530. The first kappa shape index (κ1) is 22.1. The lowest BCUT2D eigenvalue weighted by Gasteiger charge is -2.14. The topological polar surface area (TPSA) is 58.2 Å². The highest BCUT2D eigenvalue weighted by atomic mass is 16.2. The van der Waals surface area contributed by atoms with Gasteiger partial charge in [0.15, 0.2) is 0 Å². The Balaban J connectivity index is 1.64. The molecule has 4 nitrogen and oxygen atoms in total. The Morgan fingerprint density at radius 2 is 1.31 bits per heavy atom. The fraction of sp³-hybridized carbons (Fsp3) is 0.0323. The van der Waals surface area contributed by atoms with Crippen LogP contribution >= 0.6 is 0 Å². The molecule has 5 rings (SSSR count). The molecule has 5 aromatic rings. The van der Waals surface area contributed by atoms with Gasteiger partial charge in [-0.1, -0.05) is 78.9 Å². The first-order valence-corrected chi connectivity index (χ1v) is 11.4. The normalized spacial score (nSPS) is 11.4. The van der Waals surface area contributed by atoms with Gasteiger partial charge in [0, 0.05) is 11.3 Å². The SMILES string of the molecule is Cc1cccc(NC(=O)/C(=C/c2c3ccccc3cc3ccccc23)NC(=O)c2ccccc2)c1. The van der Waals surface area contributed by atoms with E-state index in [1.165, 1.54) is 0 Å². The second-order valence-electron chi connectivity index (χ2n) is 8.43. The summed E-state index contributed by atoms with van der Waals surface area (Å²) in [7, 11) is 0. The molecule has 0 saturated heterocycles. The van der Waals surface area contributed by atoms with E-state index < -0.39 is 5.91 Å². The zero-order valence-electron chi connectivity index (χ0n) is 19.3. The maximum absolute atomic E-state index is 13.5. The van der Waals surface area contributed by atoms with Crippen LogP contribution in [0.15, 0.2) is 115 Å². The second-order valence-corrected chi connectivity index (χ2v) is 8.43. The fourth-order valence-electron chi connectivity index (χ4n) is 4.21. The van der Waals surface area contributed by atoms with Crippen molar-refractivity contribution >= 4 is 45.1 Å². The van der Waals surface area contributed by atoms with Crippen LogP contribution in [0.1, 0.15) is 21.5 Å². The van der Waals surface area contributed by atoms with Crippen LogP contribution in [0.2, 0.25) is 0 Å². The van der Waals surface area contributed by atoms with E-state index in [0.29, 0.717) is 11.3 Å². The van der Waals surface area contributed by atoms with Crippen molar-refractivity contribution in [2.45, 2.75) is 6.92 Å². The van der Waals surface area contributed by atoms with Crippen LogP contribution in [0.5, 0.6) is 0 Å². The molecule has 35 heavy (non-hydrogen) atoms. The third kappa shape index (κ3) is 4.82. The predicted molar refractivity (Wildman–Crippen MR) is 143 cm³/mol. The van der Waals surface area contributed by atoms with Gasteiger partial charge in [0.2, 0.25) is 0 Å². The molecule has 0 spiro atoms. The molecule has 0 unspecified atom stereocenters. The molecule has 2 N–H and O–H groups in total. The molecule has 0 aliphatic heterocycles. The first-order chi connectivity index (χ1) is 17.1. The molecule has 0 bridgehead atoms. The Morgan fingerprint density at radius 3 is 1.97 bits per heavy atom. The highest BCUT2D eigenvalue weighted by molar-refractivity contribution is 6.14. The minimum atomic E-state index is -0.392. The van der Waals surface area contributed by atoms with Crippen LogP contribution in [-0.4, -0.2) is 11.8 Å². The lowest BCUT2D eigenvalue weighted by atomic mass is 9.96. The minimum absolute atomic E-state index is 0.168. The van der Waals surface area contributed by atoms with Gasteiger partial charge in [-0.3, -0.25) is 9.59 Å². The van der Waals surface area contributed by atoms with Gasteiger partial charge in [-0.2, -0.15) is 0 Å². The Kier molecular flexibility index (Phi) is 6.10. The predicted octanol–water partition coefficient (Wildman–Crippen LogP) is 6.71. The molecule has 0 heterocycles. The second kappa shape index (κ2) is 9.65. The Labute approximate surface area is 203 Å². The smallest absolute Gasteiger partial charge is 0.272 e. The molecule has 5 aromatic carbocycles. The standard InChI is InChI=1S/C31H24N2O2/c1-21-10-9-15-25(18-21)32-31(35)29(33-30(34)22-11-3-2-4-12-22)20-28-26-16-7-5-13-23(26)19-24-14-6-8-17-27(24)28/h2-20H,1H3,(H,32,35)(H,33,34)/b29-20-. The molecule has 0 aliphatic rings. The number of rotatable bonds is 5. The van der Waals surface area contributed by atoms with E-state index in [1.54, 1.807) is 30.3 Å². The number of nitrogens with one attached hydrogen (secondary N) is 2. The number of carbonyl (C=O) groups excluding carboxylic acids is 2. The Morgan fingerprint density at radius 1 is 0.686 bits per heavy atom. The van der Waals surface area contributed by atoms with Crippen molar-refractivity contribution < 1.29 is 9.59 Å². The van der Waals surface area contributed by atoms with E-state index >= 15 is 0 Å². The van der Waals surface area contributed by atoms with Crippen molar-refractivity contribution in [3.8, 4) is 0 Å². The van der Waals surface area contributed by atoms with E-state index in [-0.39, 0.29) is 11.6 Å². The zero-order valence-corrected chi connectivity index (χ0v) is 19.3. The van der Waals surface area contributed by atoms with Crippen molar-refractivity contribution in [2.75, 3.05) is 5.32 Å². The summed E-state index contributed by atoms with van der Waals surface area (Å²) in [5.41, 5.74) is 3.21. The van der Waals surface area contributed by atoms with Gasteiger partial charge in [-0.25, -0.2) is 0 Å². The lowest BCUT2D eigenvalue weighted by molar-refractivity contribution is -0.113. The van der Waals surface area contributed by atoms with Gasteiger partial charge in [0.05, 0.1) is 0 Å². The Hall–Kier alpha value is -4.70. The quantitative estimate of drug-likeness (QED) is 0.228. The largest absolute Gasteiger partial charge is 0.321 e. The lowest BCUT2D eigenvalue weighted by Crippen LogP contribution is -2.30. The number of fused-ring (bicyclic) bond motifs is 2. The number of amides is 2. The third-order valence-corrected chi connectivity index (χ3v) is 5.91. The molecule has 0 atom stereocenters. The molecule has 4 heteroatoms. The van der Waals surface area contributed by atoms with Gasteiger partial charge in [0.25, 0.3) is 11.8 Å². The maximum Gasteiger partial charge on any atom is 0.272 e. The zero-order chi connectivity index (χ0) is 24.2. The van der Waals surface area contributed by atoms with E-state index in [2.05, 4.69) is 16.7 Å². The van der Waals surface area contributed by atoms with Crippen molar-refractivity contribution in [3.05, 3.63) is 132 Å². The van der Waals surface area contributed by atoms with Crippen LogP contribution in [0.4, 0.5) is 5.69 Å². The number of hydrogen-bond acceptors (Lipinski definition) is 2. The van der Waals surface area contributed by atoms with E-state index in [4.69, 9.17) is 0 Å². The summed E-state index contributed by atoms with van der Waals surface area (Å²) in [4.78, 5) is 26.5. The first-order valence-electron chi connectivity index (χ1n) is 11.4. The third-order valence-electron chi connectivity index (χ3n) is 5.91. The summed E-state index contributed by atoms with van der Waals surface area (Å²) in [5, 5.41) is 9.91. The summed E-state index contributed by atoms with van der Waals surface area (Å²) in [5.74, 6) is -0.738. The number of benzene rings is 5. The summed E-state index contributed by atoms with van der Waals surface area (Å²) in [6, 6.07) is 34.7. The average Bonchev–Trinajstić information content (AvgIpc) is 2.88. The van der Waals surface area contributed by atoms with Crippen molar-refractivity contribution in [2.24, 2.45) is 0 Å². The van der Waals surface area contributed by atoms with Gasteiger partial charge in [-0.05, 0) is 76.0 Å². The average molecular weight is 457 g/mol. The van der Waals surface area contributed by atoms with E-state index in [1.807, 2.05) is 85.8 Å². The highest BCUT2D eigenvalue weighted by Crippen LogP contribution is 2.30. The maximum atomic E-state index is 13.5. The molecule has 0 aliphatic carbocycles. The van der Waals surface area contributed by atoms with Gasteiger partial charge in [-0.15, -0.1) is 0 Å². The van der Waals surface area contributed by atoms with Crippen molar-refractivity contribution in [1.29, 1.82) is 0 Å². The van der Waals surface area contributed by atoms with Crippen LogP contribution in [0, 0.1) is 6.92 Å². The van der Waals surface area contributed by atoms with Crippen LogP contribution < -0.4 is 10.6 Å². The van der Waals surface area contributed by atoms with Crippen LogP contribution in [0.25, 0.3) is 27.6 Å². The van der Waals surface area contributed by atoms with Gasteiger partial charge >= 0.3 is 0 Å². The molecular weight excluding hydrogens is 432 g/mol. The molecule has 0 radical (unpaired) electrons. The van der Waals surface area contributed by atoms with E-state index in [9.17, 15) is 9.59 Å². The van der Waals surface area contributed by atoms with Crippen molar-refractivity contribution in [1.82, 2.24) is 5.32 Å². The van der Waals surface area contributed by atoms with Crippen molar-refractivity contribution in [3.63, 3.8) is 0 Å². The summed E-state index contributed by atoms with van der Waals surface area (Å²) >= 11 is 0.